The Kier molecular flexibility index (Phi) is 5.70. The second-order valence-corrected chi connectivity index (χ2v) is 18.4. The fourth-order valence-corrected chi connectivity index (χ4v) is 15.8. The van der Waals surface area contributed by atoms with Crippen LogP contribution in [0.1, 0.15) is 37.2 Å². The van der Waals surface area contributed by atoms with Gasteiger partial charge in [-0.15, -0.1) is 0 Å². The van der Waals surface area contributed by atoms with Gasteiger partial charge in [-0.25, -0.2) is 17.6 Å². The van der Waals surface area contributed by atoms with Gasteiger partial charge in [0.25, 0.3) is 0 Å². The minimum absolute atomic E-state index is 0.0219. The molecule has 2 bridgehead atoms. The minimum atomic E-state index is -2.33. The molecule has 45 heavy (non-hydrogen) atoms. The Morgan fingerprint density at radius 3 is 2.36 bits per heavy atom. The van der Waals surface area contributed by atoms with Gasteiger partial charge in [0.2, 0.25) is 5.91 Å². The summed E-state index contributed by atoms with van der Waals surface area (Å²) in [7, 11) is -2.33. The van der Waals surface area contributed by atoms with E-state index in [1.54, 1.807) is 0 Å². The van der Waals surface area contributed by atoms with Gasteiger partial charge in [0.05, 0.1) is 12.5 Å². The average Bonchev–Trinajstić information content (AvgIpc) is 3.21. The fourth-order valence-electron chi connectivity index (χ4n) is 10.6. The number of carbonyl (C=O) groups excluding carboxylic acids is 1. The van der Waals surface area contributed by atoms with Crippen LogP contribution in [0.3, 0.4) is 0 Å². The third kappa shape index (κ3) is 3.52. The van der Waals surface area contributed by atoms with Crippen LogP contribution in [-0.4, -0.2) is 54.9 Å². The molecule has 0 radical (unpaired) electrons. The van der Waals surface area contributed by atoms with Crippen LogP contribution in [0.25, 0.3) is 0 Å². The number of benzene rings is 3. The maximum Gasteiger partial charge on any atom is 0.229 e. The molecule has 3 aromatic carbocycles. The van der Waals surface area contributed by atoms with E-state index in [1.165, 1.54) is 24.3 Å². The topological polar surface area (TPSA) is 32.8 Å². The van der Waals surface area contributed by atoms with Crippen LogP contribution in [0.15, 0.2) is 66.9 Å². The predicted molar refractivity (Wildman–Crippen MR) is 163 cm³/mol. The normalized spacial score (nSPS) is 35.7. The van der Waals surface area contributed by atoms with Gasteiger partial charge in [-0.2, -0.15) is 10.0 Å². The number of nitrogens with zero attached hydrogens (tertiary/aromatic N) is 2. The van der Waals surface area contributed by atoms with E-state index in [2.05, 4.69) is 15.9 Å². The van der Waals surface area contributed by atoms with Gasteiger partial charge in [0, 0.05) is 62.3 Å². The highest BCUT2D eigenvalue weighted by Gasteiger charge is 2.64. The summed E-state index contributed by atoms with van der Waals surface area (Å²) in [6.07, 6.45) is 5.55. The molecule has 1 aliphatic carbocycles. The Hall–Kier alpha value is -2.53. The van der Waals surface area contributed by atoms with Gasteiger partial charge in [-0.1, -0.05) is 11.8 Å². The number of fused-ring (bicyclic) bond motifs is 5. The van der Waals surface area contributed by atoms with Crippen LogP contribution >= 0.6 is 21.8 Å². The van der Waals surface area contributed by atoms with Gasteiger partial charge in [-0.05, 0) is 103 Å². The number of amides is 1. The number of hydrogen-bond donors (Lipinski definition) is 0. The lowest BCUT2D eigenvalue weighted by Crippen LogP contribution is -2.73. The van der Waals surface area contributed by atoms with E-state index < -0.39 is 33.3 Å². The molecule has 234 valence electrons. The molecular weight excluding hydrogens is 621 g/mol. The van der Waals surface area contributed by atoms with E-state index in [0.29, 0.717) is 55.7 Å². The quantitative estimate of drug-likeness (QED) is 0.254. The van der Waals surface area contributed by atoms with Crippen LogP contribution in [0.4, 0.5) is 23.2 Å². The Morgan fingerprint density at radius 2 is 1.62 bits per heavy atom. The summed E-state index contributed by atoms with van der Waals surface area (Å²) in [6, 6.07) is 11.6. The number of anilines is 1. The lowest BCUT2D eigenvalue weighted by molar-refractivity contribution is -0.144. The lowest BCUT2D eigenvalue weighted by atomic mass is 9.52. The molecule has 4 saturated heterocycles. The Bertz CT molecular complexity index is 1780. The molecule has 6 heterocycles. The van der Waals surface area contributed by atoms with E-state index in [9.17, 15) is 22.4 Å². The first-order valence-corrected chi connectivity index (χ1v) is 18.8. The zero-order valence-corrected chi connectivity index (χ0v) is 26.3. The highest BCUT2D eigenvalue weighted by atomic mass is 32.3. The van der Waals surface area contributed by atoms with Gasteiger partial charge in [-0.3, -0.25) is 9.69 Å². The van der Waals surface area contributed by atoms with Crippen LogP contribution in [-0.2, 0) is 9.53 Å². The zero-order chi connectivity index (χ0) is 30.5. The van der Waals surface area contributed by atoms with Crippen molar-refractivity contribution in [3.05, 3.63) is 71.3 Å². The number of rotatable bonds is 1. The van der Waals surface area contributed by atoms with E-state index >= 15 is 0 Å². The number of carbonyl (C=O) groups is 1. The lowest BCUT2D eigenvalue weighted by Gasteiger charge is -2.66. The van der Waals surface area contributed by atoms with Crippen molar-refractivity contribution < 1.29 is 27.1 Å². The molecule has 6 aliphatic heterocycles. The Labute approximate surface area is 264 Å². The number of hydrogen-bond acceptors (Lipinski definition) is 4. The maximum absolute atomic E-state index is 14.9. The van der Waals surface area contributed by atoms with E-state index in [0.717, 1.165) is 66.9 Å². The summed E-state index contributed by atoms with van der Waals surface area (Å²) >= 11 is 1.15. The molecule has 10 rings (SSSR count). The standard InChI is InChI=1S/C35H32F4N2O2S2/c1-45(30-12-23(38)21(36)10-28(30)44-29-11-22(37)24(39)13-31(29)45)17-2-3-25-20(8-17)18-4-6-40-15-16-5-7-43-27-14-32(42)41(25)35-33(18)26(40)9-19(16)34(27)35/h2-3,8,10-13,16,18-19,26-27,33-35H,4-7,9,14-15H2,1H3/t16?,18?,19-,26-,27?,33-,34?,35+/m0/s1. The van der Waals surface area contributed by atoms with E-state index in [-0.39, 0.29) is 24.0 Å². The third-order valence-electron chi connectivity index (χ3n) is 12.4. The van der Waals surface area contributed by atoms with Crippen molar-refractivity contribution in [3.8, 4) is 0 Å². The van der Waals surface area contributed by atoms with Crippen molar-refractivity contribution in [2.45, 2.75) is 74.3 Å². The first kappa shape index (κ1) is 27.6. The Balaban J connectivity index is 1.18. The second kappa shape index (κ2) is 9.30. The summed E-state index contributed by atoms with van der Waals surface area (Å²) < 4.78 is 65.3. The highest BCUT2D eigenvalue weighted by molar-refractivity contribution is 8.34. The van der Waals surface area contributed by atoms with Gasteiger partial charge in [0.15, 0.2) is 23.3 Å². The van der Waals surface area contributed by atoms with Crippen molar-refractivity contribution in [2.24, 2.45) is 23.7 Å². The molecule has 0 spiro atoms. The van der Waals surface area contributed by atoms with Crippen LogP contribution in [0.5, 0.6) is 0 Å². The first-order valence-electron chi connectivity index (χ1n) is 16.0. The minimum Gasteiger partial charge on any atom is -0.377 e. The highest BCUT2D eigenvalue weighted by Crippen LogP contribution is 2.73. The molecule has 8 atom stereocenters. The fraction of sp³-hybridized carbons (Fsp3) is 0.457. The SMILES string of the molecule is CS1(c2ccc3c(c2)C2CCN4CC5CCOC6CC(=O)N3[C@H]3C6[C@H]5C[C@H]4[C@H]23)c2cc(F)c(F)cc2Sc2cc(F)c(F)cc21. The molecule has 1 amide bonds. The average molecular weight is 653 g/mol. The molecule has 4 nitrogen and oxygen atoms in total. The van der Waals surface area contributed by atoms with Crippen molar-refractivity contribution in [2.75, 3.05) is 30.9 Å². The number of ether oxygens (including phenoxy) is 1. The van der Waals surface area contributed by atoms with Crippen molar-refractivity contribution in [1.29, 1.82) is 0 Å². The largest absolute Gasteiger partial charge is 0.377 e. The molecule has 7 aliphatic rings. The summed E-state index contributed by atoms with van der Waals surface area (Å²) in [5.74, 6) is -1.70. The molecule has 4 unspecified atom stereocenters. The summed E-state index contributed by atoms with van der Waals surface area (Å²) in [5, 5.41) is 0. The van der Waals surface area contributed by atoms with Crippen LogP contribution in [0, 0.1) is 46.9 Å². The van der Waals surface area contributed by atoms with Crippen molar-refractivity contribution in [1.82, 2.24) is 4.90 Å². The monoisotopic (exact) mass is 652 g/mol. The molecule has 5 fully saturated rings. The number of halogens is 4. The summed E-state index contributed by atoms with van der Waals surface area (Å²) in [4.78, 5) is 21.9. The van der Waals surface area contributed by atoms with Gasteiger partial charge >= 0.3 is 0 Å². The smallest absolute Gasteiger partial charge is 0.229 e. The molecule has 0 aromatic heterocycles. The third-order valence-corrected chi connectivity index (χ3v) is 17.4. The van der Waals surface area contributed by atoms with Gasteiger partial charge < -0.3 is 9.64 Å². The van der Waals surface area contributed by atoms with Crippen molar-refractivity contribution in [3.63, 3.8) is 0 Å². The maximum atomic E-state index is 14.9. The number of piperidine rings is 3. The summed E-state index contributed by atoms with van der Waals surface area (Å²) in [5.41, 5.74) is 2.07. The predicted octanol–water partition coefficient (Wildman–Crippen LogP) is 7.57. The molecule has 3 aromatic rings. The molecular formula is C35H32F4N2O2S2. The van der Waals surface area contributed by atoms with E-state index in [1.807, 2.05) is 18.4 Å². The first-order chi connectivity index (χ1) is 21.7. The van der Waals surface area contributed by atoms with Gasteiger partial charge in [0.1, 0.15) is 0 Å². The van der Waals surface area contributed by atoms with Crippen LogP contribution < -0.4 is 4.90 Å². The molecule has 1 saturated carbocycles. The van der Waals surface area contributed by atoms with Crippen molar-refractivity contribution >= 4 is 33.4 Å². The van der Waals surface area contributed by atoms with Crippen LogP contribution in [0.2, 0.25) is 0 Å². The zero-order valence-electron chi connectivity index (χ0n) is 24.6. The molecule has 10 heteroatoms. The summed E-state index contributed by atoms with van der Waals surface area (Å²) in [6.45, 7) is 2.85. The second-order valence-electron chi connectivity index (χ2n) is 14.1. The Morgan fingerprint density at radius 1 is 0.911 bits per heavy atom. The molecule has 0 N–H and O–H groups in total. The van der Waals surface area contributed by atoms with E-state index in [4.69, 9.17) is 4.74 Å².